The van der Waals surface area contributed by atoms with Crippen LogP contribution in [0.4, 0.5) is 0 Å². The molecule has 1 amide bonds. The Bertz CT molecular complexity index is 299. The first kappa shape index (κ1) is 16.4. The predicted molar refractivity (Wildman–Crippen MR) is 84.0 cm³/mol. The highest BCUT2D eigenvalue weighted by molar-refractivity contribution is 7.80. The fourth-order valence-electron chi connectivity index (χ4n) is 2.89. The van der Waals surface area contributed by atoms with Gasteiger partial charge in [0.25, 0.3) is 0 Å². The van der Waals surface area contributed by atoms with E-state index in [1.54, 1.807) is 4.90 Å². The molecule has 3 nitrogen and oxygen atoms in total. The van der Waals surface area contributed by atoms with E-state index in [2.05, 4.69) is 6.92 Å². The molecular weight excluding hydrogens is 256 g/mol. The van der Waals surface area contributed by atoms with Crippen LogP contribution in [-0.2, 0) is 4.79 Å². The van der Waals surface area contributed by atoms with E-state index < -0.39 is 0 Å². The van der Waals surface area contributed by atoms with Crippen molar-refractivity contribution in [3.8, 4) is 0 Å². The molecule has 1 rings (SSSR count). The van der Waals surface area contributed by atoms with Crippen molar-refractivity contribution in [3.05, 3.63) is 0 Å². The Balaban J connectivity index is 2.29. The number of nitrogens with zero attached hydrogens (tertiary/aromatic N) is 1. The second kappa shape index (κ2) is 8.51. The molecule has 1 fully saturated rings. The van der Waals surface area contributed by atoms with E-state index in [-0.39, 0.29) is 11.8 Å². The van der Waals surface area contributed by atoms with Crippen LogP contribution < -0.4 is 5.73 Å². The zero-order valence-electron chi connectivity index (χ0n) is 12.4. The molecule has 0 bridgehead atoms. The van der Waals surface area contributed by atoms with Gasteiger partial charge in [-0.1, -0.05) is 38.4 Å². The molecule has 1 aliphatic carbocycles. The number of carbonyl (C=O) groups excluding carboxylic acids is 1. The minimum atomic E-state index is 0.231. The highest BCUT2D eigenvalue weighted by atomic mass is 32.1. The molecule has 110 valence electrons. The van der Waals surface area contributed by atoms with E-state index in [1.807, 2.05) is 7.05 Å². The number of carbonyl (C=O) groups is 1. The lowest BCUT2D eigenvalue weighted by Crippen LogP contribution is -2.36. The maximum atomic E-state index is 12.3. The summed E-state index contributed by atoms with van der Waals surface area (Å²) < 4.78 is 0. The number of hydrogen-bond acceptors (Lipinski definition) is 2. The molecule has 4 heteroatoms. The van der Waals surface area contributed by atoms with Gasteiger partial charge in [0.2, 0.25) is 5.91 Å². The van der Waals surface area contributed by atoms with Crippen LogP contribution >= 0.6 is 12.2 Å². The zero-order valence-corrected chi connectivity index (χ0v) is 13.2. The average molecular weight is 284 g/mol. The summed E-state index contributed by atoms with van der Waals surface area (Å²) in [4.78, 5) is 14.6. The smallest absolute Gasteiger partial charge is 0.225 e. The number of nitrogens with two attached hydrogens (primary N) is 1. The molecule has 0 spiro atoms. The van der Waals surface area contributed by atoms with Crippen LogP contribution in [-0.4, -0.2) is 29.4 Å². The summed E-state index contributed by atoms with van der Waals surface area (Å²) in [6, 6.07) is 0. The molecule has 0 aliphatic heterocycles. The standard InChI is InChI=1S/C15H28N2OS/c1-3-4-5-12-6-8-13(9-7-12)15(18)17(2)11-10-14(16)19/h12-13H,3-11H2,1-2H3,(H2,16,19). The van der Waals surface area contributed by atoms with Crippen LogP contribution in [0.5, 0.6) is 0 Å². The molecule has 19 heavy (non-hydrogen) atoms. The quantitative estimate of drug-likeness (QED) is 0.731. The van der Waals surface area contributed by atoms with Crippen LogP contribution in [0.1, 0.15) is 58.3 Å². The third-order valence-corrected chi connectivity index (χ3v) is 4.44. The molecular formula is C15H28N2OS. The van der Waals surface area contributed by atoms with Crippen molar-refractivity contribution in [2.45, 2.75) is 58.3 Å². The Hall–Kier alpha value is -0.640. The third-order valence-electron chi connectivity index (χ3n) is 4.23. The van der Waals surface area contributed by atoms with E-state index >= 15 is 0 Å². The summed E-state index contributed by atoms with van der Waals surface area (Å²) in [7, 11) is 1.86. The minimum absolute atomic E-state index is 0.231. The maximum absolute atomic E-state index is 12.3. The van der Waals surface area contributed by atoms with Gasteiger partial charge in [-0.3, -0.25) is 4.79 Å². The van der Waals surface area contributed by atoms with Gasteiger partial charge in [-0.15, -0.1) is 0 Å². The second-order valence-corrected chi connectivity index (χ2v) is 6.36. The summed E-state index contributed by atoms with van der Waals surface area (Å²) in [5.74, 6) is 1.37. The molecule has 0 aromatic rings. The average Bonchev–Trinajstić information content (AvgIpc) is 2.42. The molecule has 0 aromatic carbocycles. The Morgan fingerprint density at radius 3 is 2.47 bits per heavy atom. The van der Waals surface area contributed by atoms with Crippen molar-refractivity contribution in [1.82, 2.24) is 4.90 Å². The second-order valence-electron chi connectivity index (χ2n) is 5.84. The largest absolute Gasteiger partial charge is 0.393 e. The van der Waals surface area contributed by atoms with Gasteiger partial charge in [-0.25, -0.2) is 0 Å². The first-order chi connectivity index (χ1) is 9.04. The van der Waals surface area contributed by atoms with Crippen molar-refractivity contribution in [2.75, 3.05) is 13.6 Å². The predicted octanol–water partition coefficient (Wildman–Crippen LogP) is 3.12. The number of amides is 1. The van der Waals surface area contributed by atoms with Crippen molar-refractivity contribution in [2.24, 2.45) is 17.6 Å². The highest BCUT2D eigenvalue weighted by Crippen LogP contribution is 2.32. The van der Waals surface area contributed by atoms with E-state index in [9.17, 15) is 4.79 Å². The summed E-state index contributed by atoms with van der Waals surface area (Å²) in [6.45, 7) is 2.90. The van der Waals surface area contributed by atoms with Crippen LogP contribution in [0.25, 0.3) is 0 Å². The molecule has 0 unspecified atom stereocenters. The van der Waals surface area contributed by atoms with Crippen molar-refractivity contribution >= 4 is 23.1 Å². The lowest BCUT2D eigenvalue weighted by molar-refractivity contribution is -0.135. The minimum Gasteiger partial charge on any atom is -0.393 e. The first-order valence-electron chi connectivity index (χ1n) is 7.57. The fourth-order valence-corrected chi connectivity index (χ4v) is 2.98. The monoisotopic (exact) mass is 284 g/mol. The van der Waals surface area contributed by atoms with Gasteiger partial charge in [0.05, 0.1) is 4.99 Å². The van der Waals surface area contributed by atoms with Gasteiger partial charge in [0.1, 0.15) is 0 Å². The van der Waals surface area contributed by atoms with Gasteiger partial charge >= 0.3 is 0 Å². The molecule has 1 saturated carbocycles. The van der Waals surface area contributed by atoms with E-state index in [0.29, 0.717) is 18.0 Å². The number of thiocarbonyl (C=S) groups is 1. The van der Waals surface area contributed by atoms with Gasteiger partial charge in [0.15, 0.2) is 0 Å². The van der Waals surface area contributed by atoms with Gasteiger partial charge < -0.3 is 10.6 Å². The molecule has 0 heterocycles. The lowest BCUT2D eigenvalue weighted by atomic mass is 9.79. The van der Waals surface area contributed by atoms with Crippen LogP contribution in [0.3, 0.4) is 0 Å². The van der Waals surface area contributed by atoms with Crippen LogP contribution in [0.15, 0.2) is 0 Å². The normalized spacial score (nSPS) is 23.1. The first-order valence-corrected chi connectivity index (χ1v) is 7.98. The highest BCUT2D eigenvalue weighted by Gasteiger charge is 2.27. The Morgan fingerprint density at radius 1 is 1.32 bits per heavy atom. The summed E-state index contributed by atoms with van der Waals surface area (Å²) in [5.41, 5.74) is 5.48. The number of rotatable bonds is 7. The Kier molecular flexibility index (Phi) is 7.36. The Labute approximate surface area is 122 Å². The fraction of sp³-hybridized carbons (Fsp3) is 0.867. The van der Waals surface area contributed by atoms with E-state index in [1.165, 1.54) is 32.1 Å². The summed E-state index contributed by atoms with van der Waals surface area (Å²) in [5, 5.41) is 0. The van der Waals surface area contributed by atoms with Crippen LogP contribution in [0.2, 0.25) is 0 Å². The van der Waals surface area contributed by atoms with Gasteiger partial charge in [0, 0.05) is 25.9 Å². The SMILES string of the molecule is CCCCC1CCC(C(=O)N(C)CCC(N)=S)CC1. The van der Waals surface area contributed by atoms with Crippen molar-refractivity contribution in [3.63, 3.8) is 0 Å². The van der Waals surface area contributed by atoms with Crippen LogP contribution in [0, 0.1) is 11.8 Å². The molecule has 2 N–H and O–H groups in total. The Morgan fingerprint density at radius 2 is 1.95 bits per heavy atom. The van der Waals surface area contributed by atoms with E-state index in [0.717, 1.165) is 18.8 Å². The maximum Gasteiger partial charge on any atom is 0.225 e. The number of unbranched alkanes of at least 4 members (excludes halogenated alkanes) is 1. The topological polar surface area (TPSA) is 46.3 Å². The summed E-state index contributed by atoms with van der Waals surface area (Å²) in [6.07, 6.45) is 9.14. The zero-order chi connectivity index (χ0) is 14.3. The van der Waals surface area contributed by atoms with E-state index in [4.69, 9.17) is 18.0 Å². The molecule has 0 aromatic heterocycles. The molecule has 0 radical (unpaired) electrons. The third kappa shape index (κ3) is 5.89. The lowest BCUT2D eigenvalue weighted by Gasteiger charge is -2.30. The molecule has 0 atom stereocenters. The number of hydrogen-bond donors (Lipinski definition) is 1. The van der Waals surface area contributed by atoms with Gasteiger partial charge in [-0.2, -0.15) is 0 Å². The van der Waals surface area contributed by atoms with Gasteiger partial charge in [-0.05, 0) is 31.6 Å². The molecule has 0 saturated heterocycles. The van der Waals surface area contributed by atoms with Crippen molar-refractivity contribution < 1.29 is 4.79 Å². The van der Waals surface area contributed by atoms with Crippen molar-refractivity contribution in [1.29, 1.82) is 0 Å². The summed E-state index contributed by atoms with van der Waals surface area (Å²) >= 11 is 4.85. The molecule has 1 aliphatic rings.